The molecule has 5 heteroatoms. The molecule has 0 aliphatic carbocycles. The van der Waals surface area contributed by atoms with Crippen LogP contribution in [0.3, 0.4) is 0 Å². The van der Waals surface area contributed by atoms with Crippen LogP contribution in [0.5, 0.6) is 0 Å². The Hall–Kier alpha value is -2.28. The van der Waals surface area contributed by atoms with Gasteiger partial charge in [0.25, 0.3) is 0 Å². The van der Waals surface area contributed by atoms with Crippen LogP contribution >= 0.6 is 15.8 Å². The molecule has 0 aliphatic rings. The quantitative estimate of drug-likeness (QED) is 0.0898. The number of nitriles is 1. The summed E-state index contributed by atoms with van der Waals surface area (Å²) in [6.45, 7) is 14.7. The van der Waals surface area contributed by atoms with Crippen molar-refractivity contribution in [2.45, 2.75) is 63.9 Å². The average Bonchev–Trinajstić information content (AvgIpc) is 3.70. The maximum Gasteiger partial charge on any atom is 2.00 e. The van der Waals surface area contributed by atoms with Gasteiger partial charge < -0.3 is 0 Å². The van der Waals surface area contributed by atoms with Crippen molar-refractivity contribution in [2.75, 3.05) is 0 Å². The minimum absolute atomic E-state index is 0. The summed E-state index contributed by atoms with van der Waals surface area (Å²) in [5, 5.41) is 13.8. The SMILES string of the molecule is CC([c-]1cccc1P(c1ccccc1)c1ccccc1)[P@](C(C)(C)C)C(C)(C)Cc1ccc(C#N)cc1.[Fe+2].[Ni+2].c1cc[cH-]c1. The van der Waals surface area contributed by atoms with Crippen LogP contribution < -0.4 is 15.9 Å². The number of rotatable bonds is 8. The first-order chi connectivity index (χ1) is 20.1. The molecule has 0 amide bonds. The molecule has 0 N–H and O–H groups in total. The van der Waals surface area contributed by atoms with Crippen molar-refractivity contribution in [3.63, 3.8) is 0 Å². The molecule has 0 radical (unpaired) electrons. The van der Waals surface area contributed by atoms with E-state index in [-0.39, 0.29) is 43.9 Å². The van der Waals surface area contributed by atoms with Crippen molar-refractivity contribution < 1.29 is 33.6 Å². The monoisotopic (exact) mass is 701 g/mol. The van der Waals surface area contributed by atoms with Crippen LogP contribution in [0.4, 0.5) is 0 Å². The van der Waals surface area contributed by atoms with Crippen LogP contribution in [0, 0.1) is 11.3 Å². The van der Waals surface area contributed by atoms with Gasteiger partial charge in [0.1, 0.15) is 0 Å². The summed E-state index contributed by atoms with van der Waals surface area (Å²) in [7, 11) is -1.06. The Kier molecular flexibility index (Phi) is 15.0. The smallest absolute Gasteiger partial charge is 0.214 e. The Morgan fingerprint density at radius 2 is 1.27 bits per heavy atom. The normalized spacial score (nSPS) is 12.5. The molecule has 1 unspecified atom stereocenters. The summed E-state index contributed by atoms with van der Waals surface area (Å²) in [6, 6.07) is 49.5. The van der Waals surface area contributed by atoms with E-state index in [0.29, 0.717) is 5.66 Å². The summed E-state index contributed by atoms with van der Waals surface area (Å²) < 4.78 is 0. The van der Waals surface area contributed by atoms with Crippen LogP contribution in [0.2, 0.25) is 0 Å². The molecule has 1 nitrogen and oxygen atoms in total. The molecule has 0 spiro atoms. The van der Waals surface area contributed by atoms with Crippen molar-refractivity contribution in [1.82, 2.24) is 0 Å². The van der Waals surface area contributed by atoms with Crippen molar-refractivity contribution in [1.29, 1.82) is 5.26 Å². The second-order valence-corrected chi connectivity index (χ2v) is 18.6. The van der Waals surface area contributed by atoms with Crippen molar-refractivity contribution >= 4 is 31.8 Å². The zero-order chi connectivity index (χ0) is 30.2. The minimum Gasteiger partial charge on any atom is -0.214 e. The maximum atomic E-state index is 9.22. The van der Waals surface area contributed by atoms with E-state index in [9.17, 15) is 5.26 Å². The second-order valence-electron chi connectivity index (χ2n) is 12.3. The fourth-order valence-corrected chi connectivity index (χ4v) is 13.9. The Morgan fingerprint density at radius 3 is 1.70 bits per heavy atom. The number of benzene rings is 3. The zero-order valence-corrected chi connectivity index (χ0v) is 30.4. The molecule has 2 atom stereocenters. The summed E-state index contributed by atoms with van der Waals surface area (Å²) >= 11 is 0. The van der Waals surface area contributed by atoms with Gasteiger partial charge in [0.05, 0.1) is 11.6 Å². The third-order valence-electron chi connectivity index (χ3n) is 7.58. The Morgan fingerprint density at radius 1 is 0.750 bits per heavy atom. The third-order valence-corrected chi connectivity index (χ3v) is 14.1. The molecular formula is C39H43FeNNiP2+2. The van der Waals surface area contributed by atoms with Crippen LogP contribution in [0.25, 0.3) is 0 Å². The molecule has 0 aliphatic heterocycles. The molecule has 0 heterocycles. The second kappa shape index (κ2) is 17.4. The van der Waals surface area contributed by atoms with E-state index in [2.05, 4.69) is 139 Å². The van der Waals surface area contributed by atoms with Gasteiger partial charge in [-0.05, 0) is 58.6 Å². The molecule has 0 bridgehead atoms. The number of hydrogen-bond acceptors (Lipinski definition) is 1. The molecule has 5 aromatic rings. The fraction of sp³-hybridized carbons (Fsp3) is 0.256. The van der Waals surface area contributed by atoms with Crippen LogP contribution in [0.1, 0.15) is 63.9 Å². The number of nitrogens with zero attached hydrogens (tertiary/aromatic N) is 1. The summed E-state index contributed by atoms with van der Waals surface area (Å²) in [6.07, 6.45) is 1.01. The molecule has 0 aromatic heterocycles. The molecule has 230 valence electrons. The first-order valence-corrected chi connectivity index (χ1v) is 17.5. The van der Waals surface area contributed by atoms with Crippen molar-refractivity contribution in [3.8, 4) is 6.07 Å². The third kappa shape index (κ3) is 9.86. The van der Waals surface area contributed by atoms with Gasteiger partial charge in [-0.1, -0.05) is 122 Å². The van der Waals surface area contributed by atoms with Crippen LogP contribution in [-0.2, 0) is 40.0 Å². The largest absolute Gasteiger partial charge is 2.00 e. The van der Waals surface area contributed by atoms with E-state index in [1.807, 2.05) is 42.5 Å². The Bertz CT molecular complexity index is 1470. The summed E-state index contributed by atoms with van der Waals surface area (Å²) in [4.78, 5) is 0. The number of hydrogen-bond donors (Lipinski definition) is 0. The van der Waals surface area contributed by atoms with Gasteiger partial charge in [-0.2, -0.15) is 29.5 Å². The Balaban J connectivity index is 0.000000876. The van der Waals surface area contributed by atoms with Gasteiger partial charge in [0.15, 0.2) is 0 Å². The first kappa shape index (κ1) is 37.9. The predicted molar refractivity (Wildman–Crippen MR) is 187 cm³/mol. The predicted octanol–water partition coefficient (Wildman–Crippen LogP) is 9.80. The topological polar surface area (TPSA) is 23.8 Å². The van der Waals surface area contributed by atoms with E-state index >= 15 is 0 Å². The van der Waals surface area contributed by atoms with Crippen LogP contribution in [0.15, 0.2) is 133 Å². The van der Waals surface area contributed by atoms with Gasteiger partial charge >= 0.3 is 33.6 Å². The molecule has 5 aromatic carbocycles. The minimum atomic E-state index is -0.633. The molecule has 0 saturated heterocycles. The standard InChI is InChI=1S/C34H38NP2.C5H5.Fe.Ni/c1-26(37(33(2,3)4)34(5,6)24-27-20-22-28(25-35)23-21-27)31-18-13-19-32(31)36(29-14-9-7-10-15-29)30-16-11-8-12-17-30;1-2-4-5-3-1;;/h7-23,26H,24H2,1-6H3;1-5H;;/q2*-1;2*+2/t26?,37-;;;/m1.../s1. The van der Waals surface area contributed by atoms with Crippen LogP contribution in [-0.4, -0.2) is 10.3 Å². The molecule has 0 saturated carbocycles. The average molecular weight is 702 g/mol. The van der Waals surface area contributed by atoms with Gasteiger partial charge in [-0.15, -0.1) is 10.9 Å². The van der Waals surface area contributed by atoms with Gasteiger partial charge in [-0.3, -0.25) is 0 Å². The maximum absolute atomic E-state index is 9.22. The van der Waals surface area contributed by atoms with Gasteiger partial charge in [-0.25, -0.2) is 24.3 Å². The zero-order valence-electron chi connectivity index (χ0n) is 26.5. The molecule has 44 heavy (non-hydrogen) atoms. The first-order valence-electron chi connectivity index (χ1n) is 14.7. The van der Waals surface area contributed by atoms with Gasteiger partial charge in [0.2, 0.25) is 0 Å². The molecule has 5 rings (SSSR count). The summed E-state index contributed by atoms with van der Waals surface area (Å²) in [5.41, 5.74) is 4.00. The summed E-state index contributed by atoms with van der Waals surface area (Å²) in [5.74, 6) is 0. The van der Waals surface area contributed by atoms with E-state index in [4.69, 9.17) is 0 Å². The van der Waals surface area contributed by atoms with E-state index < -0.39 is 15.8 Å². The van der Waals surface area contributed by atoms with E-state index in [1.165, 1.54) is 27.0 Å². The van der Waals surface area contributed by atoms with E-state index in [0.717, 1.165) is 12.0 Å². The fourth-order valence-electron chi connectivity index (χ4n) is 6.32. The van der Waals surface area contributed by atoms with Crippen molar-refractivity contribution in [2.24, 2.45) is 0 Å². The molecular weight excluding hydrogens is 659 g/mol. The van der Waals surface area contributed by atoms with E-state index in [1.54, 1.807) is 0 Å². The molecule has 0 fully saturated rings. The van der Waals surface area contributed by atoms with Crippen molar-refractivity contribution in [3.05, 3.63) is 150 Å². The Labute approximate surface area is 289 Å². The van der Waals surface area contributed by atoms with Gasteiger partial charge in [0, 0.05) is 0 Å².